The van der Waals surface area contributed by atoms with Crippen molar-refractivity contribution in [3.05, 3.63) is 24.3 Å². The second kappa shape index (κ2) is 5.48. The predicted molar refractivity (Wildman–Crippen MR) is 48.3 cm³/mol. The van der Waals surface area contributed by atoms with Crippen LogP contribution in [0.1, 0.15) is 13.8 Å². The maximum Gasteiger partial charge on any atom is 0.394 e. The van der Waals surface area contributed by atoms with Crippen LogP contribution in [0.2, 0.25) is 0 Å². The van der Waals surface area contributed by atoms with Gasteiger partial charge in [0.25, 0.3) is 0 Å². The Morgan fingerprint density at radius 2 is 1.64 bits per heavy atom. The number of halogens is 3. The molecule has 2 atom stereocenters. The Hall–Kier alpha value is -1.24. The molecule has 0 saturated heterocycles. The van der Waals surface area contributed by atoms with Crippen LogP contribution in [0.15, 0.2) is 24.3 Å². The highest BCUT2D eigenvalue weighted by Crippen LogP contribution is 2.26. The molecule has 0 aliphatic rings. The molecule has 4 heteroatoms. The molecule has 0 bridgehead atoms. The molecule has 0 aliphatic carbocycles. The minimum absolute atomic E-state index is 0.277. The molecule has 0 N–H and O–H groups in total. The Morgan fingerprint density at radius 3 is 2.07 bits per heavy atom. The molecular formula is C10H12F3N. The third-order valence-electron chi connectivity index (χ3n) is 1.63. The highest BCUT2D eigenvalue weighted by Gasteiger charge is 2.33. The lowest BCUT2D eigenvalue weighted by Gasteiger charge is -2.09. The quantitative estimate of drug-likeness (QED) is 0.644. The fraction of sp³-hybridized carbons (Fsp3) is 0.500. The Morgan fingerprint density at radius 1 is 1.14 bits per heavy atom. The van der Waals surface area contributed by atoms with Crippen molar-refractivity contribution in [3.63, 3.8) is 0 Å². The fourth-order valence-electron chi connectivity index (χ4n) is 0.614. The lowest BCUT2D eigenvalue weighted by atomic mass is 10.1. The molecule has 2 unspecified atom stereocenters. The van der Waals surface area contributed by atoms with Gasteiger partial charge in [-0.25, -0.2) is 0 Å². The summed E-state index contributed by atoms with van der Waals surface area (Å²) in [5, 5.41) is 8.37. The number of hydrogen-bond donors (Lipinski definition) is 0. The van der Waals surface area contributed by atoms with Gasteiger partial charge in [0.1, 0.15) is 0 Å². The van der Waals surface area contributed by atoms with Crippen LogP contribution in [0.5, 0.6) is 0 Å². The molecular weight excluding hydrogens is 191 g/mol. The zero-order valence-corrected chi connectivity index (χ0v) is 8.05. The topological polar surface area (TPSA) is 23.8 Å². The fourth-order valence-corrected chi connectivity index (χ4v) is 0.614. The normalized spacial score (nSPS) is 17.1. The monoisotopic (exact) mass is 203 g/mol. The molecule has 0 heterocycles. The van der Waals surface area contributed by atoms with Gasteiger partial charge in [0, 0.05) is 0 Å². The van der Waals surface area contributed by atoms with Crippen LogP contribution in [0.25, 0.3) is 0 Å². The summed E-state index contributed by atoms with van der Waals surface area (Å²) < 4.78 is 35.9. The molecule has 0 aromatic heterocycles. The van der Waals surface area contributed by atoms with Crippen LogP contribution in [-0.2, 0) is 0 Å². The maximum absolute atomic E-state index is 12.0. The van der Waals surface area contributed by atoms with E-state index in [0.29, 0.717) is 0 Å². The maximum atomic E-state index is 12.0. The largest absolute Gasteiger partial charge is 0.394 e. The molecule has 78 valence electrons. The predicted octanol–water partition coefficient (Wildman–Crippen LogP) is 3.46. The molecule has 0 rings (SSSR count). The van der Waals surface area contributed by atoms with Crippen molar-refractivity contribution in [2.24, 2.45) is 11.8 Å². The lowest BCUT2D eigenvalue weighted by Crippen LogP contribution is -2.17. The smallest absolute Gasteiger partial charge is 0.198 e. The van der Waals surface area contributed by atoms with Crippen LogP contribution in [0.3, 0.4) is 0 Å². The molecule has 0 saturated carbocycles. The zero-order chi connectivity index (χ0) is 11.2. The van der Waals surface area contributed by atoms with E-state index in [9.17, 15) is 13.2 Å². The Bertz CT molecular complexity index is 258. The minimum Gasteiger partial charge on any atom is -0.198 e. The van der Waals surface area contributed by atoms with Gasteiger partial charge in [-0.05, 0) is 6.92 Å². The highest BCUT2D eigenvalue weighted by molar-refractivity contribution is 5.09. The van der Waals surface area contributed by atoms with Gasteiger partial charge in [-0.3, -0.25) is 0 Å². The molecule has 14 heavy (non-hydrogen) atoms. The van der Waals surface area contributed by atoms with Crippen molar-refractivity contribution in [3.8, 4) is 6.07 Å². The summed E-state index contributed by atoms with van der Waals surface area (Å²) in [6.45, 7) is 2.75. The molecule has 0 aliphatic heterocycles. The van der Waals surface area contributed by atoms with E-state index in [1.54, 1.807) is 13.0 Å². The van der Waals surface area contributed by atoms with Gasteiger partial charge in [0.05, 0.1) is 17.9 Å². The number of nitrogens with zero attached hydrogens (tertiary/aromatic N) is 1. The first-order valence-electron chi connectivity index (χ1n) is 4.19. The van der Waals surface area contributed by atoms with Gasteiger partial charge in [-0.15, -0.1) is 0 Å². The number of nitriles is 1. The van der Waals surface area contributed by atoms with E-state index in [-0.39, 0.29) is 5.92 Å². The summed E-state index contributed by atoms with van der Waals surface area (Å²) in [5.41, 5.74) is 0. The zero-order valence-electron chi connectivity index (χ0n) is 8.05. The summed E-state index contributed by atoms with van der Waals surface area (Å²) in [4.78, 5) is 0. The first-order chi connectivity index (χ1) is 6.38. The van der Waals surface area contributed by atoms with E-state index in [2.05, 4.69) is 0 Å². The van der Waals surface area contributed by atoms with Crippen molar-refractivity contribution in [1.29, 1.82) is 5.26 Å². The van der Waals surface area contributed by atoms with Crippen LogP contribution in [0, 0.1) is 23.2 Å². The van der Waals surface area contributed by atoms with Crippen LogP contribution < -0.4 is 0 Å². The van der Waals surface area contributed by atoms with Crippen molar-refractivity contribution in [2.75, 3.05) is 0 Å². The first-order valence-corrected chi connectivity index (χ1v) is 4.19. The molecule has 0 fully saturated rings. The average molecular weight is 203 g/mol. The van der Waals surface area contributed by atoms with Crippen molar-refractivity contribution >= 4 is 0 Å². The Labute approximate surface area is 81.5 Å². The lowest BCUT2D eigenvalue weighted by molar-refractivity contribution is -0.156. The third-order valence-corrected chi connectivity index (χ3v) is 1.63. The summed E-state index contributed by atoms with van der Waals surface area (Å²) in [5.74, 6) is -1.73. The average Bonchev–Trinajstić information content (AvgIpc) is 2.09. The van der Waals surface area contributed by atoms with Crippen LogP contribution >= 0.6 is 0 Å². The third kappa shape index (κ3) is 5.41. The Kier molecular flexibility index (Phi) is 5.00. The number of allylic oxidation sites excluding steroid dienone is 4. The van der Waals surface area contributed by atoms with E-state index in [0.717, 1.165) is 13.0 Å². The van der Waals surface area contributed by atoms with E-state index in [1.165, 1.54) is 12.2 Å². The standard InChI is InChI=1S/C10H12F3N/c1-8(7-14)5-3-4-6-9(2)10(11,12)13/h3-6,8-9H,1-2H3/b5-3-,6-4-. The number of alkyl halides is 3. The van der Waals surface area contributed by atoms with E-state index in [4.69, 9.17) is 5.26 Å². The highest BCUT2D eigenvalue weighted by atomic mass is 19.4. The summed E-state index contributed by atoms with van der Waals surface area (Å²) in [6.07, 6.45) is 1.17. The molecule has 0 aromatic carbocycles. The Balaban J connectivity index is 4.09. The summed E-state index contributed by atoms with van der Waals surface area (Å²) >= 11 is 0. The number of rotatable bonds is 3. The first kappa shape index (κ1) is 12.8. The van der Waals surface area contributed by atoms with E-state index >= 15 is 0 Å². The number of hydrogen-bond acceptors (Lipinski definition) is 1. The molecule has 0 aromatic rings. The van der Waals surface area contributed by atoms with Gasteiger partial charge in [0.15, 0.2) is 0 Å². The SMILES string of the molecule is CC(C#N)/C=C\C=C/C(C)C(F)(F)F. The molecule has 0 spiro atoms. The van der Waals surface area contributed by atoms with Crippen molar-refractivity contribution in [1.82, 2.24) is 0 Å². The van der Waals surface area contributed by atoms with Crippen LogP contribution in [-0.4, -0.2) is 6.18 Å². The van der Waals surface area contributed by atoms with Crippen molar-refractivity contribution < 1.29 is 13.2 Å². The molecule has 1 nitrogen and oxygen atoms in total. The van der Waals surface area contributed by atoms with Crippen molar-refractivity contribution in [2.45, 2.75) is 20.0 Å². The summed E-state index contributed by atoms with van der Waals surface area (Å²) in [7, 11) is 0. The van der Waals surface area contributed by atoms with E-state index < -0.39 is 12.1 Å². The van der Waals surface area contributed by atoms with Gasteiger partial charge in [0.2, 0.25) is 0 Å². The van der Waals surface area contributed by atoms with Gasteiger partial charge in [-0.2, -0.15) is 18.4 Å². The van der Waals surface area contributed by atoms with E-state index in [1.807, 2.05) is 6.07 Å². The second-order valence-corrected chi connectivity index (χ2v) is 3.02. The van der Waals surface area contributed by atoms with Gasteiger partial charge < -0.3 is 0 Å². The second-order valence-electron chi connectivity index (χ2n) is 3.02. The van der Waals surface area contributed by atoms with Gasteiger partial charge >= 0.3 is 6.18 Å². The van der Waals surface area contributed by atoms with Crippen LogP contribution in [0.4, 0.5) is 13.2 Å². The summed E-state index contributed by atoms with van der Waals surface area (Å²) in [6, 6.07) is 1.94. The molecule has 0 amide bonds. The minimum atomic E-state index is -4.19. The molecule has 0 radical (unpaired) electrons. The van der Waals surface area contributed by atoms with Gasteiger partial charge in [-0.1, -0.05) is 31.2 Å².